The van der Waals surface area contributed by atoms with Gasteiger partial charge < -0.3 is 5.32 Å². The molecule has 1 fully saturated rings. The molecule has 2 heterocycles. The Morgan fingerprint density at radius 1 is 1.30 bits per heavy atom. The summed E-state index contributed by atoms with van der Waals surface area (Å²) in [5.41, 5.74) is 1.87. The molecule has 1 aliphatic carbocycles. The molecule has 0 unspecified atom stereocenters. The third-order valence-corrected chi connectivity index (χ3v) is 4.16. The van der Waals surface area contributed by atoms with Gasteiger partial charge >= 0.3 is 0 Å². The fraction of sp³-hybridized carbons (Fsp3) is 0.562. The molecule has 1 N–H and O–H groups in total. The van der Waals surface area contributed by atoms with Gasteiger partial charge in [0, 0.05) is 12.2 Å². The number of halogens is 1. The van der Waals surface area contributed by atoms with E-state index in [1.165, 1.54) is 32.1 Å². The van der Waals surface area contributed by atoms with Crippen LogP contribution in [-0.4, -0.2) is 15.4 Å². The summed E-state index contributed by atoms with van der Waals surface area (Å²) in [6.07, 6.45) is 8.33. The maximum absolute atomic E-state index is 6.06. The van der Waals surface area contributed by atoms with E-state index >= 15 is 0 Å². The van der Waals surface area contributed by atoms with Crippen LogP contribution in [0.15, 0.2) is 6.20 Å². The van der Waals surface area contributed by atoms with Gasteiger partial charge in [0.15, 0.2) is 5.65 Å². The predicted octanol–water partition coefficient (Wildman–Crippen LogP) is 4.46. The molecule has 1 saturated carbocycles. The van der Waals surface area contributed by atoms with Crippen molar-refractivity contribution < 1.29 is 0 Å². The minimum atomic E-state index is 0.369. The zero-order valence-corrected chi connectivity index (χ0v) is 12.8. The Kier molecular flexibility index (Phi) is 3.76. The van der Waals surface area contributed by atoms with E-state index in [1.54, 1.807) is 0 Å². The van der Waals surface area contributed by atoms with Crippen molar-refractivity contribution in [2.75, 3.05) is 5.32 Å². The molecule has 3 rings (SSSR count). The lowest BCUT2D eigenvalue weighted by Crippen LogP contribution is -2.23. The maximum Gasteiger partial charge on any atom is 0.191 e. The average molecular weight is 290 g/mol. The first-order valence-corrected chi connectivity index (χ1v) is 7.81. The quantitative estimate of drug-likeness (QED) is 0.904. The molecule has 0 atom stereocenters. The van der Waals surface area contributed by atoms with Crippen molar-refractivity contribution in [3.8, 4) is 0 Å². The van der Waals surface area contributed by atoms with E-state index in [9.17, 15) is 0 Å². The second kappa shape index (κ2) is 5.54. The normalized spacial score (nSPS) is 16.6. The SMILES string of the molecule is CC(C)c1nc2c#cc(Cl)cn2c1NC1CCCCC1. The van der Waals surface area contributed by atoms with Crippen molar-refractivity contribution in [3.05, 3.63) is 29.0 Å². The van der Waals surface area contributed by atoms with Gasteiger partial charge in [0.25, 0.3) is 0 Å². The molecule has 0 aromatic carbocycles. The summed E-state index contributed by atoms with van der Waals surface area (Å²) in [7, 11) is 0. The van der Waals surface area contributed by atoms with E-state index < -0.39 is 0 Å². The van der Waals surface area contributed by atoms with Gasteiger partial charge in [-0.2, -0.15) is 0 Å². The Bertz CT molecular complexity index is 597. The summed E-state index contributed by atoms with van der Waals surface area (Å²) in [4.78, 5) is 4.67. The van der Waals surface area contributed by atoms with Gasteiger partial charge in [0.05, 0.1) is 5.69 Å². The lowest BCUT2D eigenvalue weighted by Gasteiger charge is -2.24. The molecule has 2 aromatic rings. The standard InChI is InChI=1S/C16H20ClN3/c1-11(2)15-16(18-13-6-4-3-5-7-13)20-10-12(17)8-9-14(20)19-15/h10-11,13,18H,3-7H2,1-2H3. The molecule has 0 bridgehead atoms. The summed E-state index contributed by atoms with van der Waals surface area (Å²) < 4.78 is 2.02. The van der Waals surface area contributed by atoms with Crippen LogP contribution in [0.3, 0.4) is 0 Å². The van der Waals surface area contributed by atoms with E-state index in [0.717, 1.165) is 17.2 Å². The second-order valence-corrected chi connectivity index (χ2v) is 6.31. The van der Waals surface area contributed by atoms with Crippen LogP contribution in [0.1, 0.15) is 57.6 Å². The summed E-state index contributed by atoms with van der Waals surface area (Å²) in [6.45, 7) is 4.33. The molecule has 1 aliphatic rings. The van der Waals surface area contributed by atoms with Crippen molar-refractivity contribution >= 4 is 23.1 Å². The van der Waals surface area contributed by atoms with E-state index in [0.29, 0.717) is 17.0 Å². The summed E-state index contributed by atoms with van der Waals surface area (Å²) >= 11 is 6.06. The Balaban J connectivity index is 2.01. The van der Waals surface area contributed by atoms with E-state index in [1.807, 2.05) is 10.6 Å². The van der Waals surface area contributed by atoms with Crippen molar-refractivity contribution in [1.29, 1.82) is 0 Å². The number of rotatable bonds is 3. The topological polar surface area (TPSA) is 29.3 Å². The first-order chi connectivity index (χ1) is 9.65. The van der Waals surface area contributed by atoms with Crippen molar-refractivity contribution in [3.63, 3.8) is 0 Å². The third kappa shape index (κ3) is 2.58. The number of aromatic nitrogens is 2. The highest BCUT2D eigenvalue weighted by atomic mass is 35.5. The largest absolute Gasteiger partial charge is 0.367 e. The smallest absolute Gasteiger partial charge is 0.191 e. The first kappa shape index (κ1) is 13.6. The molecule has 20 heavy (non-hydrogen) atoms. The average Bonchev–Trinajstić information content (AvgIpc) is 2.78. The first-order valence-electron chi connectivity index (χ1n) is 7.43. The van der Waals surface area contributed by atoms with Crippen LogP contribution < -0.4 is 5.32 Å². The van der Waals surface area contributed by atoms with Crippen molar-refractivity contribution in [1.82, 2.24) is 9.38 Å². The number of imidazole rings is 1. The Hall–Kier alpha value is -1.40. The molecule has 3 nitrogen and oxygen atoms in total. The van der Waals surface area contributed by atoms with Crippen LogP contribution in [0.2, 0.25) is 5.02 Å². The molecule has 0 aliphatic heterocycles. The number of hydrogen-bond donors (Lipinski definition) is 1. The highest BCUT2D eigenvalue weighted by Gasteiger charge is 2.20. The number of nitrogens with zero attached hydrogens (tertiary/aromatic N) is 2. The van der Waals surface area contributed by atoms with Gasteiger partial charge in [0.1, 0.15) is 10.8 Å². The lowest BCUT2D eigenvalue weighted by molar-refractivity contribution is 0.461. The summed E-state index contributed by atoms with van der Waals surface area (Å²) in [5, 5.41) is 4.26. The van der Waals surface area contributed by atoms with E-state index in [2.05, 4.69) is 36.3 Å². The number of nitrogens with one attached hydrogen (secondary N) is 1. The number of hydrogen-bond acceptors (Lipinski definition) is 2. The van der Waals surface area contributed by atoms with Gasteiger partial charge in [-0.15, -0.1) is 0 Å². The fourth-order valence-electron chi connectivity index (χ4n) is 2.91. The molecule has 0 saturated heterocycles. The van der Waals surface area contributed by atoms with Gasteiger partial charge in [-0.1, -0.05) is 44.7 Å². The van der Waals surface area contributed by atoms with Crippen LogP contribution in [0, 0.1) is 12.1 Å². The fourth-order valence-corrected chi connectivity index (χ4v) is 3.06. The predicted molar refractivity (Wildman–Crippen MR) is 82.5 cm³/mol. The zero-order chi connectivity index (χ0) is 14.1. The van der Waals surface area contributed by atoms with Gasteiger partial charge in [-0.3, -0.25) is 4.40 Å². The Labute approximate surface area is 125 Å². The minimum Gasteiger partial charge on any atom is -0.367 e. The molecule has 0 radical (unpaired) electrons. The monoisotopic (exact) mass is 289 g/mol. The van der Waals surface area contributed by atoms with Crippen LogP contribution in [0.25, 0.3) is 5.65 Å². The summed E-state index contributed by atoms with van der Waals surface area (Å²) in [5.74, 6) is 1.45. The Morgan fingerprint density at radius 2 is 2.05 bits per heavy atom. The van der Waals surface area contributed by atoms with E-state index in [4.69, 9.17) is 11.6 Å². The van der Waals surface area contributed by atoms with Crippen LogP contribution >= 0.6 is 11.6 Å². The summed E-state index contributed by atoms with van der Waals surface area (Å²) in [6, 6.07) is 6.46. The third-order valence-electron chi connectivity index (χ3n) is 3.97. The molecule has 2 aromatic heterocycles. The Morgan fingerprint density at radius 3 is 2.75 bits per heavy atom. The molecular weight excluding hydrogens is 270 g/mol. The lowest BCUT2D eigenvalue weighted by atomic mass is 9.95. The molecular formula is C16H20ClN3. The molecule has 0 amide bonds. The van der Waals surface area contributed by atoms with Crippen LogP contribution in [0.5, 0.6) is 0 Å². The zero-order valence-electron chi connectivity index (χ0n) is 12.0. The van der Waals surface area contributed by atoms with Crippen LogP contribution in [0.4, 0.5) is 5.82 Å². The number of anilines is 1. The number of fused-ring (bicyclic) bond motifs is 1. The molecule has 0 spiro atoms. The van der Waals surface area contributed by atoms with E-state index in [-0.39, 0.29) is 0 Å². The molecule has 106 valence electrons. The van der Waals surface area contributed by atoms with Crippen molar-refractivity contribution in [2.45, 2.75) is 57.9 Å². The maximum atomic E-state index is 6.06. The highest BCUT2D eigenvalue weighted by Crippen LogP contribution is 2.28. The highest BCUT2D eigenvalue weighted by molar-refractivity contribution is 6.30. The van der Waals surface area contributed by atoms with Crippen molar-refractivity contribution in [2.24, 2.45) is 0 Å². The minimum absolute atomic E-state index is 0.369. The van der Waals surface area contributed by atoms with Gasteiger partial charge in [-0.25, -0.2) is 4.98 Å². The van der Waals surface area contributed by atoms with Gasteiger partial charge in [0.2, 0.25) is 0 Å². The van der Waals surface area contributed by atoms with Crippen LogP contribution in [-0.2, 0) is 0 Å². The van der Waals surface area contributed by atoms with Gasteiger partial charge in [-0.05, 0) is 30.9 Å². The molecule has 4 heteroatoms. The second-order valence-electron chi connectivity index (χ2n) is 5.90.